The molecule has 0 aliphatic carbocycles. The molecule has 1 aliphatic rings. The van der Waals surface area contributed by atoms with Crippen molar-refractivity contribution in [2.24, 2.45) is 0 Å². The molecule has 1 saturated heterocycles. The molecule has 6 nitrogen and oxygen atoms in total. The predicted molar refractivity (Wildman–Crippen MR) is 141 cm³/mol. The van der Waals surface area contributed by atoms with E-state index in [9.17, 15) is 9.59 Å². The van der Waals surface area contributed by atoms with Crippen LogP contribution in [0.4, 0.5) is 11.4 Å². The van der Waals surface area contributed by atoms with Crippen LogP contribution in [0, 0.1) is 6.92 Å². The minimum absolute atomic E-state index is 0.0483. The van der Waals surface area contributed by atoms with Gasteiger partial charge in [-0.15, -0.1) is 0 Å². The fourth-order valence-corrected chi connectivity index (χ4v) is 4.39. The van der Waals surface area contributed by atoms with Crippen LogP contribution in [0.2, 0.25) is 5.02 Å². The van der Waals surface area contributed by atoms with Gasteiger partial charge < -0.3 is 15.1 Å². The molecule has 0 unspecified atom stereocenters. The van der Waals surface area contributed by atoms with Crippen LogP contribution in [0.1, 0.15) is 26.3 Å². The summed E-state index contributed by atoms with van der Waals surface area (Å²) in [7, 11) is 0. The summed E-state index contributed by atoms with van der Waals surface area (Å²) in [4.78, 5) is 29.1. The lowest BCUT2D eigenvalue weighted by Crippen LogP contribution is -2.48. The first-order valence-corrected chi connectivity index (χ1v) is 11.8. The lowest BCUT2D eigenvalue weighted by Gasteiger charge is -2.36. The third-order valence-electron chi connectivity index (χ3n) is 5.64. The summed E-state index contributed by atoms with van der Waals surface area (Å²) in [5, 5.41) is 6.47. The normalized spacial score (nSPS) is 13.4. The monoisotopic (exact) mass is 492 g/mol. The molecule has 0 atom stereocenters. The van der Waals surface area contributed by atoms with Gasteiger partial charge in [-0.2, -0.15) is 0 Å². The number of thiocarbonyl (C=S) groups is 1. The maximum Gasteiger partial charge on any atom is 0.257 e. The minimum atomic E-state index is -0.271. The molecule has 1 heterocycles. The minimum Gasteiger partial charge on any atom is -0.367 e. The van der Waals surface area contributed by atoms with Gasteiger partial charge in [0.1, 0.15) is 0 Å². The molecule has 0 aromatic heterocycles. The van der Waals surface area contributed by atoms with Crippen molar-refractivity contribution in [2.45, 2.75) is 6.92 Å². The zero-order chi connectivity index (χ0) is 24.1. The summed E-state index contributed by atoms with van der Waals surface area (Å²) < 4.78 is 0. The number of hydrogen-bond donors (Lipinski definition) is 2. The average Bonchev–Trinajstić information content (AvgIpc) is 2.84. The summed E-state index contributed by atoms with van der Waals surface area (Å²) >= 11 is 11.9. The van der Waals surface area contributed by atoms with Gasteiger partial charge in [0.2, 0.25) is 0 Å². The van der Waals surface area contributed by atoms with Crippen LogP contribution in [0.3, 0.4) is 0 Å². The first kappa shape index (κ1) is 23.7. The Kier molecular flexibility index (Phi) is 7.45. The number of piperazine rings is 1. The van der Waals surface area contributed by atoms with Gasteiger partial charge in [-0.05, 0) is 61.6 Å². The van der Waals surface area contributed by atoms with Gasteiger partial charge in [0.25, 0.3) is 11.8 Å². The van der Waals surface area contributed by atoms with Gasteiger partial charge in [0.05, 0.1) is 10.7 Å². The van der Waals surface area contributed by atoms with Gasteiger partial charge in [-0.3, -0.25) is 14.9 Å². The predicted octanol–water partition coefficient (Wildman–Crippen LogP) is 4.74. The summed E-state index contributed by atoms with van der Waals surface area (Å²) in [5.41, 5.74) is 3.83. The van der Waals surface area contributed by atoms with Crippen LogP contribution < -0.4 is 15.5 Å². The molecule has 1 aliphatic heterocycles. The third kappa shape index (κ3) is 5.73. The van der Waals surface area contributed by atoms with E-state index in [4.69, 9.17) is 23.8 Å². The molecule has 0 radical (unpaired) electrons. The molecule has 8 heteroatoms. The quantitative estimate of drug-likeness (QED) is 0.515. The molecule has 2 N–H and O–H groups in total. The summed E-state index contributed by atoms with van der Waals surface area (Å²) in [6.45, 7) is 4.56. The second kappa shape index (κ2) is 10.7. The summed E-state index contributed by atoms with van der Waals surface area (Å²) in [5.74, 6) is -0.223. The Bertz CT molecular complexity index is 1210. The fourth-order valence-electron chi connectivity index (χ4n) is 3.88. The molecule has 34 heavy (non-hydrogen) atoms. The summed E-state index contributed by atoms with van der Waals surface area (Å²) in [6, 6.07) is 22.2. The Morgan fingerprint density at radius 3 is 2.26 bits per heavy atom. The smallest absolute Gasteiger partial charge is 0.257 e. The zero-order valence-electron chi connectivity index (χ0n) is 18.8. The molecule has 3 aromatic carbocycles. The molecule has 2 amide bonds. The first-order valence-electron chi connectivity index (χ1n) is 11.0. The van der Waals surface area contributed by atoms with E-state index in [-0.39, 0.29) is 16.9 Å². The van der Waals surface area contributed by atoms with Gasteiger partial charge in [-0.25, -0.2) is 0 Å². The van der Waals surface area contributed by atoms with Crippen LogP contribution in [0.15, 0.2) is 72.8 Å². The van der Waals surface area contributed by atoms with E-state index < -0.39 is 0 Å². The SMILES string of the molecule is Cc1cccc(C(=O)NC(=S)Nc2ccc(N3CCN(C(=O)c4ccccc4)CC3)c(Cl)c2)c1. The van der Waals surface area contributed by atoms with Crippen molar-refractivity contribution in [2.75, 3.05) is 36.4 Å². The van der Waals surface area contributed by atoms with Crippen LogP contribution in [0.25, 0.3) is 0 Å². The molecule has 3 aromatic rings. The first-order chi connectivity index (χ1) is 16.4. The number of hydrogen-bond acceptors (Lipinski definition) is 4. The number of aryl methyl sites for hydroxylation is 1. The molecular formula is C26H25ClN4O2S. The van der Waals surface area contributed by atoms with Crippen LogP contribution in [-0.2, 0) is 0 Å². The van der Waals surface area contributed by atoms with Crippen LogP contribution >= 0.6 is 23.8 Å². The van der Waals surface area contributed by atoms with E-state index in [1.54, 1.807) is 18.2 Å². The molecule has 4 rings (SSSR count). The highest BCUT2D eigenvalue weighted by Crippen LogP contribution is 2.30. The van der Waals surface area contributed by atoms with Crippen molar-refractivity contribution in [1.29, 1.82) is 0 Å². The maximum absolute atomic E-state index is 12.7. The number of carbonyl (C=O) groups is 2. The highest BCUT2D eigenvalue weighted by molar-refractivity contribution is 7.80. The topological polar surface area (TPSA) is 64.7 Å². The highest BCUT2D eigenvalue weighted by atomic mass is 35.5. The zero-order valence-corrected chi connectivity index (χ0v) is 20.3. The molecule has 0 saturated carbocycles. The second-order valence-corrected chi connectivity index (χ2v) is 8.90. The number of benzene rings is 3. The summed E-state index contributed by atoms with van der Waals surface area (Å²) in [6.07, 6.45) is 0. The van der Waals surface area contributed by atoms with Gasteiger partial charge >= 0.3 is 0 Å². The van der Waals surface area contributed by atoms with E-state index in [0.717, 1.165) is 11.3 Å². The Balaban J connectivity index is 1.33. The van der Waals surface area contributed by atoms with Crippen molar-refractivity contribution in [3.63, 3.8) is 0 Å². The third-order valence-corrected chi connectivity index (χ3v) is 6.15. The second-order valence-electron chi connectivity index (χ2n) is 8.09. The Morgan fingerprint density at radius 1 is 0.882 bits per heavy atom. The van der Waals surface area contributed by atoms with Crippen molar-refractivity contribution < 1.29 is 9.59 Å². The molecular weight excluding hydrogens is 468 g/mol. The fraction of sp³-hybridized carbons (Fsp3) is 0.192. The lowest BCUT2D eigenvalue weighted by atomic mass is 10.1. The van der Waals surface area contributed by atoms with E-state index in [2.05, 4.69) is 15.5 Å². The number of halogens is 1. The molecule has 174 valence electrons. The maximum atomic E-state index is 12.7. The van der Waals surface area contributed by atoms with Gasteiger partial charge in [-0.1, -0.05) is 47.5 Å². The largest absolute Gasteiger partial charge is 0.367 e. The number of nitrogens with one attached hydrogen (secondary N) is 2. The lowest BCUT2D eigenvalue weighted by molar-refractivity contribution is 0.0746. The van der Waals surface area contributed by atoms with Crippen LogP contribution in [0.5, 0.6) is 0 Å². The molecule has 0 spiro atoms. The van der Waals surface area contributed by atoms with Gasteiger partial charge in [0, 0.05) is 43.0 Å². The van der Waals surface area contributed by atoms with Crippen molar-refractivity contribution >= 4 is 52.1 Å². The molecule has 1 fully saturated rings. The number of nitrogens with zero attached hydrogens (tertiary/aromatic N) is 2. The Morgan fingerprint density at radius 2 is 1.59 bits per heavy atom. The Hall–Kier alpha value is -3.42. The number of rotatable bonds is 4. The molecule has 0 bridgehead atoms. The highest BCUT2D eigenvalue weighted by Gasteiger charge is 2.23. The Labute approximate surface area is 209 Å². The number of carbonyl (C=O) groups excluding carboxylic acids is 2. The number of amides is 2. The van der Waals surface area contributed by atoms with Crippen molar-refractivity contribution in [3.05, 3.63) is 94.5 Å². The van der Waals surface area contributed by atoms with E-state index in [0.29, 0.717) is 48.0 Å². The van der Waals surface area contributed by atoms with E-state index >= 15 is 0 Å². The average molecular weight is 493 g/mol. The number of anilines is 2. The van der Waals surface area contributed by atoms with Crippen LogP contribution in [-0.4, -0.2) is 48.0 Å². The van der Waals surface area contributed by atoms with Gasteiger partial charge in [0.15, 0.2) is 5.11 Å². The van der Waals surface area contributed by atoms with E-state index in [1.807, 2.05) is 66.4 Å². The standard InChI is InChI=1S/C26H25ClN4O2S/c1-18-6-5-9-20(16-18)24(32)29-26(34)28-21-10-11-23(22(27)17-21)30-12-14-31(15-13-30)25(33)19-7-3-2-4-8-19/h2-11,16-17H,12-15H2,1H3,(H2,28,29,32,34). The van der Waals surface area contributed by atoms with Crippen molar-refractivity contribution in [3.8, 4) is 0 Å². The van der Waals surface area contributed by atoms with Crippen molar-refractivity contribution in [1.82, 2.24) is 10.2 Å². The van der Waals surface area contributed by atoms with E-state index in [1.165, 1.54) is 0 Å².